The average molecular weight is 366 g/mol. The van der Waals surface area contributed by atoms with Crippen molar-refractivity contribution in [3.8, 4) is 5.75 Å². The second-order valence-electron chi connectivity index (χ2n) is 6.98. The van der Waals surface area contributed by atoms with Gasteiger partial charge in [-0.05, 0) is 43.2 Å². The van der Waals surface area contributed by atoms with Crippen molar-refractivity contribution in [2.45, 2.75) is 20.3 Å². The molecular formula is C22H26N2O3. The van der Waals surface area contributed by atoms with Gasteiger partial charge in [-0.2, -0.15) is 0 Å². The Hall–Kier alpha value is -2.82. The van der Waals surface area contributed by atoms with Crippen molar-refractivity contribution < 1.29 is 14.3 Å². The number of hydrogen-bond donors (Lipinski definition) is 0. The molecular weight excluding hydrogens is 340 g/mol. The third-order valence-corrected chi connectivity index (χ3v) is 5.06. The summed E-state index contributed by atoms with van der Waals surface area (Å²) in [6, 6.07) is 13.3. The maximum atomic E-state index is 12.8. The summed E-state index contributed by atoms with van der Waals surface area (Å²) >= 11 is 0. The predicted molar refractivity (Wildman–Crippen MR) is 105 cm³/mol. The number of benzene rings is 2. The van der Waals surface area contributed by atoms with Crippen LogP contribution in [0.2, 0.25) is 0 Å². The number of aryl methyl sites for hydroxylation is 2. The predicted octanol–water partition coefficient (Wildman–Crippen LogP) is 2.84. The van der Waals surface area contributed by atoms with E-state index in [2.05, 4.69) is 6.07 Å². The molecule has 1 heterocycles. The van der Waals surface area contributed by atoms with Crippen molar-refractivity contribution in [3.63, 3.8) is 0 Å². The SMILES string of the molecule is COc1cc(C)cc(C)c1CC(=O)N1CCN(C(=O)c2ccccc2)CC1. The normalized spacial score (nSPS) is 14.2. The first-order valence-corrected chi connectivity index (χ1v) is 9.26. The smallest absolute Gasteiger partial charge is 0.253 e. The molecule has 27 heavy (non-hydrogen) atoms. The van der Waals surface area contributed by atoms with Gasteiger partial charge in [-0.25, -0.2) is 0 Å². The Kier molecular flexibility index (Phi) is 5.79. The quantitative estimate of drug-likeness (QED) is 0.836. The van der Waals surface area contributed by atoms with Gasteiger partial charge in [0.2, 0.25) is 5.91 Å². The van der Waals surface area contributed by atoms with Crippen molar-refractivity contribution in [1.82, 2.24) is 9.80 Å². The van der Waals surface area contributed by atoms with Crippen LogP contribution in [0.5, 0.6) is 5.75 Å². The summed E-state index contributed by atoms with van der Waals surface area (Å²) in [5, 5.41) is 0. The summed E-state index contributed by atoms with van der Waals surface area (Å²) in [5.41, 5.74) is 3.82. The third kappa shape index (κ3) is 4.30. The van der Waals surface area contributed by atoms with E-state index >= 15 is 0 Å². The molecule has 0 aromatic heterocycles. The lowest BCUT2D eigenvalue weighted by Crippen LogP contribution is -2.51. The van der Waals surface area contributed by atoms with Gasteiger partial charge in [0.25, 0.3) is 5.91 Å². The van der Waals surface area contributed by atoms with Gasteiger partial charge < -0.3 is 14.5 Å². The molecule has 0 saturated carbocycles. The van der Waals surface area contributed by atoms with Crippen LogP contribution in [0.3, 0.4) is 0 Å². The van der Waals surface area contributed by atoms with Gasteiger partial charge in [-0.1, -0.05) is 24.3 Å². The van der Waals surface area contributed by atoms with Crippen LogP contribution in [-0.2, 0) is 11.2 Å². The fraction of sp³-hybridized carbons (Fsp3) is 0.364. The van der Waals surface area contributed by atoms with Crippen LogP contribution < -0.4 is 4.74 Å². The first-order valence-electron chi connectivity index (χ1n) is 9.26. The number of rotatable bonds is 4. The van der Waals surface area contributed by atoms with Crippen molar-refractivity contribution in [1.29, 1.82) is 0 Å². The third-order valence-electron chi connectivity index (χ3n) is 5.06. The molecule has 1 aliphatic heterocycles. The molecule has 1 saturated heterocycles. The number of carbonyl (C=O) groups excluding carboxylic acids is 2. The Morgan fingerprint density at radius 2 is 1.59 bits per heavy atom. The highest BCUT2D eigenvalue weighted by atomic mass is 16.5. The van der Waals surface area contributed by atoms with E-state index in [0.29, 0.717) is 38.2 Å². The molecule has 0 atom stereocenters. The topological polar surface area (TPSA) is 49.9 Å². The second-order valence-corrected chi connectivity index (χ2v) is 6.98. The summed E-state index contributed by atoms with van der Waals surface area (Å²) in [6.07, 6.45) is 0.321. The van der Waals surface area contributed by atoms with Gasteiger partial charge in [0, 0.05) is 37.3 Å². The number of amides is 2. The highest BCUT2D eigenvalue weighted by Crippen LogP contribution is 2.25. The molecule has 142 valence electrons. The molecule has 0 aliphatic carbocycles. The van der Waals surface area contributed by atoms with Gasteiger partial charge in [-0.3, -0.25) is 9.59 Å². The zero-order valence-corrected chi connectivity index (χ0v) is 16.2. The minimum Gasteiger partial charge on any atom is -0.496 e. The van der Waals surface area contributed by atoms with Crippen molar-refractivity contribution in [2.24, 2.45) is 0 Å². The molecule has 0 N–H and O–H groups in total. The van der Waals surface area contributed by atoms with E-state index in [-0.39, 0.29) is 11.8 Å². The number of carbonyl (C=O) groups is 2. The molecule has 0 radical (unpaired) electrons. The second kappa shape index (κ2) is 8.25. The standard InChI is InChI=1S/C22H26N2O3/c1-16-13-17(2)19(20(14-16)27-3)15-21(25)23-9-11-24(12-10-23)22(26)18-7-5-4-6-8-18/h4-8,13-14H,9-12,15H2,1-3H3. The fourth-order valence-corrected chi connectivity index (χ4v) is 3.55. The minimum absolute atomic E-state index is 0.0266. The molecule has 5 nitrogen and oxygen atoms in total. The maximum Gasteiger partial charge on any atom is 0.253 e. The molecule has 2 aromatic carbocycles. The monoisotopic (exact) mass is 366 g/mol. The minimum atomic E-state index is 0.0266. The molecule has 0 spiro atoms. The number of ether oxygens (including phenoxy) is 1. The van der Waals surface area contributed by atoms with Crippen LogP contribution in [0, 0.1) is 13.8 Å². The van der Waals surface area contributed by atoms with Gasteiger partial charge in [0.15, 0.2) is 0 Å². The summed E-state index contributed by atoms with van der Waals surface area (Å²) < 4.78 is 5.47. The van der Waals surface area contributed by atoms with Crippen molar-refractivity contribution >= 4 is 11.8 Å². The molecule has 5 heteroatoms. The van der Waals surface area contributed by atoms with Crippen LogP contribution >= 0.6 is 0 Å². The Bertz CT molecular complexity index is 825. The summed E-state index contributed by atoms with van der Waals surface area (Å²) in [7, 11) is 1.64. The first-order chi connectivity index (χ1) is 13.0. The molecule has 2 aromatic rings. The summed E-state index contributed by atoms with van der Waals surface area (Å²) in [6.45, 7) is 6.26. The van der Waals surface area contributed by atoms with Gasteiger partial charge >= 0.3 is 0 Å². The zero-order chi connectivity index (χ0) is 19.4. The number of hydrogen-bond acceptors (Lipinski definition) is 3. The van der Waals surface area contributed by atoms with E-state index in [1.807, 2.05) is 60.0 Å². The molecule has 1 aliphatic rings. The summed E-state index contributed by atoms with van der Waals surface area (Å²) in [5.74, 6) is 0.865. The van der Waals surface area contributed by atoms with E-state index in [1.54, 1.807) is 7.11 Å². The van der Waals surface area contributed by atoms with Gasteiger partial charge in [-0.15, -0.1) is 0 Å². The summed E-state index contributed by atoms with van der Waals surface area (Å²) in [4.78, 5) is 29.0. The van der Waals surface area contributed by atoms with Crippen LogP contribution in [0.25, 0.3) is 0 Å². The van der Waals surface area contributed by atoms with Crippen LogP contribution in [0.1, 0.15) is 27.0 Å². The zero-order valence-electron chi connectivity index (χ0n) is 16.2. The Morgan fingerprint density at radius 1 is 0.963 bits per heavy atom. The van der Waals surface area contributed by atoms with Crippen LogP contribution in [0.4, 0.5) is 0 Å². The fourth-order valence-electron chi connectivity index (χ4n) is 3.55. The number of nitrogens with zero attached hydrogens (tertiary/aromatic N) is 2. The van der Waals surface area contributed by atoms with E-state index in [9.17, 15) is 9.59 Å². The molecule has 2 amide bonds. The Balaban J connectivity index is 1.62. The molecule has 1 fully saturated rings. The number of methoxy groups -OCH3 is 1. The van der Waals surface area contributed by atoms with E-state index in [0.717, 1.165) is 22.4 Å². The van der Waals surface area contributed by atoms with Gasteiger partial charge in [0.05, 0.1) is 13.5 Å². The molecule has 0 unspecified atom stereocenters. The highest BCUT2D eigenvalue weighted by molar-refractivity contribution is 5.94. The lowest BCUT2D eigenvalue weighted by Gasteiger charge is -2.35. The Morgan fingerprint density at radius 3 is 2.22 bits per heavy atom. The average Bonchev–Trinajstić information content (AvgIpc) is 2.69. The molecule has 0 bridgehead atoms. The van der Waals surface area contributed by atoms with Gasteiger partial charge in [0.1, 0.15) is 5.75 Å². The number of piperazine rings is 1. The van der Waals surface area contributed by atoms with Crippen LogP contribution in [-0.4, -0.2) is 54.9 Å². The highest BCUT2D eigenvalue weighted by Gasteiger charge is 2.25. The largest absolute Gasteiger partial charge is 0.496 e. The lowest BCUT2D eigenvalue weighted by atomic mass is 10.0. The van der Waals surface area contributed by atoms with E-state index in [4.69, 9.17) is 4.74 Å². The molecule has 3 rings (SSSR count). The van der Waals surface area contributed by atoms with Crippen LogP contribution in [0.15, 0.2) is 42.5 Å². The van der Waals surface area contributed by atoms with E-state index < -0.39 is 0 Å². The van der Waals surface area contributed by atoms with Crippen molar-refractivity contribution in [2.75, 3.05) is 33.3 Å². The lowest BCUT2D eigenvalue weighted by molar-refractivity contribution is -0.131. The Labute approximate surface area is 160 Å². The van der Waals surface area contributed by atoms with E-state index in [1.165, 1.54) is 0 Å². The maximum absolute atomic E-state index is 12.8. The first kappa shape index (κ1) is 19.0. The van der Waals surface area contributed by atoms with Crippen molar-refractivity contribution in [3.05, 3.63) is 64.7 Å².